The Balaban J connectivity index is 1.89. The van der Waals surface area contributed by atoms with E-state index in [1.54, 1.807) is 0 Å². The molecule has 1 N–H and O–H groups in total. The predicted molar refractivity (Wildman–Crippen MR) is 76.1 cm³/mol. The molecule has 2 fully saturated rings. The zero-order valence-electron chi connectivity index (χ0n) is 11.4. The summed E-state index contributed by atoms with van der Waals surface area (Å²) in [4.78, 5) is 36.5. The van der Waals surface area contributed by atoms with Gasteiger partial charge in [-0.05, 0) is 43.0 Å². The minimum atomic E-state index is -0.998. The van der Waals surface area contributed by atoms with Gasteiger partial charge >= 0.3 is 0 Å². The molecule has 0 spiro atoms. The molecule has 1 aromatic rings. The van der Waals surface area contributed by atoms with E-state index in [9.17, 15) is 18.8 Å². The van der Waals surface area contributed by atoms with E-state index in [0.717, 1.165) is 18.2 Å². The Morgan fingerprint density at radius 2 is 2.00 bits per heavy atom. The molecule has 1 saturated heterocycles. The summed E-state index contributed by atoms with van der Waals surface area (Å²) in [6.45, 7) is 1.92. The van der Waals surface area contributed by atoms with E-state index in [1.807, 2.05) is 6.92 Å². The van der Waals surface area contributed by atoms with E-state index >= 15 is 0 Å². The zero-order valence-corrected chi connectivity index (χ0v) is 12.2. The molecular weight excluding hydrogens is 293 g/mol. The van der Waals surface area contributed by atoms with Crippen molar-refractivity contribution in [3.63, 3.8) is 0 Å². The summed E-state index contributed by atoms with van der Waals surface area (Å²) < 4.78 is 11.9. The van der Waals surface area contributed by atoms with Crippen LogP contribution in [0.1, 0.15) is 30.1 Å². The number of carbonyl (C=O) groups excluding carboxylic acids is 3. The molecule has 0 bridgehead atoms. The summed E-state index contributed by atoms with van der Waals surface area (Å²) in [5, 5.41) is 2.04. The quantitative estimate of drug-likeness (QED) is 0.850. The summed E-state index contributed by atoms with van der Waals surface area (Å²) in [5.41, 5.74) is 0.334. The number of hydrogen-bond donors (Lipinski definition) is 1. The van der Waals surface area contributed by atoms with E-state index in [0.29, 0.717) is 12.0 Å². The standard InChI is InChI=1S/C15H14FNO3S/c1-8-6-7-15(11(8)12(18)17-14(15)20)21-13(19)9-2-4-10(16)5-3-9/h2-5,8,11H,6-7H2,1H3,(H,17,18,20)/t8?,11-,15+/m0/s1. The number of nitrogens with one attached hydrogen (secondary N) is 1. The van der Waals surface area contributed by atoms with Crippen LogP contribution in [0.2, 0.25) is 0 Å². The highest BCUT2D eigenvalue weighted by atomic mass is 32.2. The highest BCUT2D eigenvalue weighted by Crippen LogP contribution is 2.52. The molecule has 1 aliphatic carbocycles. The van der Waals surface area contributed by atoms with Gasteiger partial charge in [-0.1, -0.05) is 18.7 Å². The third kappa shape index (κ3) is 2.18. The summed E-state index contributed by atoms with van der Waals surface area (Å²) in [6, 6.07) is 5.20. The Labute approximate surface area is 125 Å². The van der Waals surface area contributed by atoms with Crippen LogP contribution in [-0.2, 0) is 9.59 Å². The van der Waals surface area contributed by atoms with Crippen LogP contribution in [0.15, 0.2) is 24.3 Å². The van der Waals surface area contributed by atoms with Crippen molar-refractivity contribution in [3.8, 4) is 0 Å². The summed E-state index contributed by atoms with van der Waals surface area (Å²) in [7, 11) is 0. The number of amides is 2. The molecule has 0 aromatic heterocycles. The Hall–Kier alpha value is -1.69. The van der Waals surface area contributed by atoms with Gasteiger partial charge in [0.25, 0.3) is 0 Å². The van der Waals surface area contributed by atoms with Gasteiger partial charge in [-0.3, -0.25) is 19.7 Å². The Bertz CT molecular complexity index is 630. The molecule has 2 aliphatic rings. The van der Waals surface area contributed by atoms with Crippen molar-refractivity contribution >= 4 is 28.7 Å². The lowest BCUT2D eigenvalue weighted by Crippen LogP contribution is -2.37. The molecule has 6 heteroatoms. The number of fused-ring (bicyclic) bond motifs is 1. The van der Waals surface area contributed by atoms with Crippen molar-refractivity contribution in [1.29, 1.82) is 0 Å². The van der Waals surface area contributed by atoms with Gasteiger partial charge in [0.2, 0.25) is 16.9 Å². The third-order valence-corrected chi connectivity index (χ3v) is 5.73. The molecular formula is C15H14FNO3S. The fourth-order valence-electron chi connectivity index (χ4n) is 3.22. The smallest absolute Gasteiger partial charge is 0.244 e. The number of benzene rings is 1. The van der Waals surface area contributed by atoms with Crippen LogP contribution in [0.4, 0.5) is 4.39 Å². The summed E-state index contributed by atoms with van der Waals surface area (Å²) in [6.07, 6.45) is 1.25. The lowest BCUT2D eigenvalue weighted by molar-refractivity contribution is -0.126. The molecule has 21 heavy (non-hydrogen) atoms. The Morgan fingerprint density at radius 1 is 1.33 bits per heavy atom. The van der Waals surface area contributed by atoms with Crippen molar-refractivity contribution in [1.82, 2.24) is 5.32 Å². The summed E-state index contributed by atoms with van der Waals surface area (Å²) >= 11 is 0.906. The third-order valence-electron chi connectivity index (χ3n) is 4.30. The monoisotopic (exact) mass is 307 g/mol. The van der Waals surface area contributed by atoms with Crippen molar-refractivity contribution in [2.75, 3.05) is 0 Å². The van der Waals surface area contributed by atoms with Gasteiger partial charge in [0.1, 0.15) is 10.6 Å². The average Bonchev–Trinajstić information content (AvgIpc) is 2.88. The molecule has 3 atom stereocenters. The summed E-state index contributed by atoms with van der Waals surface area (Å²) in [5.74, 6) is -1.47. The highest BCUT2D eigenvalue weighted by molar-refractivity contribution is 8.16. The van der Waals surface area contributed by atoms with Gasteiger partial charge in [-0.2, -0.15) is 0 Å². The van der Waals surface area contributed by atoms with Crippen molar-refractivity contribution in [2.45, 2.75) is 24.5 Å². The van der Waals surface area contributed by atoms with Crippen LogP contribution >= 0.6 is 11.8 Å². The van der Waals surface area contributed by atoms with E-state index in [2.05, 4.69) is 5.32 Å². The average molecular weight is 307 g/mol. The molecule has 1 saturated carbocycles. The second kappa shape index (κ2) is 4.94. The molecule has 2 amide bonds. The maximum atomic E-state index is 12.9. The van der Waals surface area contributed by atoms with Crippen molar-refractivity contribution in [2.24, 2.45) is 11.8 Å². The fraction of sp³-hybridized carbons (Fsp3) is 0.400. The molecule has 1 heterocycles. The van der Waals surface area contributed by atoms with E-state index in [1.165, 1.54) is 24.3 Å². The maximum Gasteiger partial charge on any atom is 0.244 e. The van der Waals surface area contributed by atoms with Gasteiger partial charge in [-0.25, -0.2) is 4.39 Å². The topological polar surface area (TPSA) is 63.2 Å². The van der Waals surface area contributed by atoms with Crippen molar-refractivity contribution < 1.29 is 18.8 Å². The van der Waals surface area contributed by atoms with Crippen LogP contribution in [0.25, 0.3) is 0 Å². The number of rotatable bonds is 2. The van der Waals surface area contributed by atoms with Crippen LogP contribution in [0, 0.1) is 17.7 Å². The van der Waals surface area contributed by atoms with Gasteiger partial charge < -0.3 is 0 Å². The van der Waals surface area contributed by atoms with Crippen LogP contribution in [-0.4, -0.2) is 21.7 Å². The number of carbonyl (C=O) groups is 3. The van der Waals surface area contributed by atoms with Gasteiger partial charge in [0.15, 0.2) is 0 Å². The minimum Gasteiger partial charge on any atom is -0.295 e. The molecule has 1 aliphatic heterocycles. The molecule has 1 aromatic carbocycles. The van der Waals surface area contributed by atoms with Gasteiger partial charge in [-0.15, -0.1) is 0 Å². The number of hydrogen-bond acceptors (Lipinski definition) is 4. The van der Waals surface area contributed by atoms with Gasteiger partial charge in [0.05, 0.1) is 5.92 Å². The lowest BCUT2D eigenvalue weighted by atomic mass is 9.92. The first-order valence-corrected chi connectivity index (χ1v) is 7.60. The molecule has 3 rings (SSSR count). The second-order valence-electron chi connectivity index (χ2n) is 5.60. The van der Waals surface area contributed by atoms with E-state index < -0.39 is 16.5 Å². The Morgan fingerprint density at radius 3 is 2.67 bits per heavy atom. The maximum absolute atomic E-state index is 12.9. The fourth-order valence-corrected chi connectivity index (χ4v) is 4.63. The number of imide groups is 1. The molecule has 0 radical (unpaired) electrons. The molecule has 1 unspecified atom stereocenters. The number of halogens is 1. The normalized spacial score (nSPS) is 31.1. The van der Waals surface area contributed by atoms with Crippen LogP contribution in [0.5, 0.6) is 0 Å². The second-order valence-corrected chi connectivity index (χ2v) is 6.90. The lowest BCUT2D eigenvalue weighted by Gasteiger charge is -2.24. The van der Waals surface area contributed by atoms with Gasteiger partial charge in [0, 0.05) is 5.56 Å². The first-order valence-electron chi connectivity index (χ1n) is 6.78. The molecule has 4 nitrogen and oxygen atoms in total. The Kier molecular flexibility index (Phi) is 3.36. The van der Waals surface area contributed by atoms with E-state index in [-0.39, 0.29) is 22.8 Å². The highest BCUT2D eigenvalue weighted by Gasteiger charge is 2.62. The zero-order chi connectivity index (χ0) is 15.2. The minimum absolute atomic E-state index is 0.0740. The predicted octanol–water partition coefficient (Wildman–Crippen LogP) is 2.14. The van der Waals surface area contributed by atoms with Crippen molar-refractivity contribution in [3.05, 3.63) is 35.6 Å². The first-order chi connectivity index (χ1) is 9.94. The SMILES string of the molecule is CC1CC[C@]2(SC(=O)c3ccc(F)cc3)C(=O)NC(=O)[C@H]12. The van der Waals surface area contributed by atoms with E-state index in [4.69, 9.17) is 0 Å². The number of thioether (sulfide) groups is 1. The molecule has 110 valence electrons. The largest absolute Gasteiger partial charge is 0.295 e. The van der Waals surface area contributed by atoms with Crippen LogP contribution < -0.4 is 5.32 Å². The first kappa shape index (κ1) is 14.3. The van der Waals surface area contributed by atoms with Crippen LogP contribution in [0.3, 0.4) is 0 Å².